The normalized spacial score (nSPS) is 21.5. The summed E-state index contributed by atoms with van der Waals surface area (Å²) < 4.78 is 3.56. The van der Waals surface area contributed by atoms with Gasteiger partial charge in [-0.2, -0.15) is 0 Å². The number of rotatable bonds is 0. The van der Waals surface area contributed by atoms with Gasteiger partial charge >= 0.3 is 0 Å². The maximum Gasteiger partial charge on any atom is 0.0960 e. The Hall–Kier alpha value is -1.03. The number of thiol groups is 1. The lowest BCUT2D eigenvalue weighted by Crippen LogP contribution is -2.13. The summed E-state index contributed by atoms with van der Waals surface area (Å²) in [6.07, 6.45) is 4.88. The van der Waals surface area contributed by atoms with Gasteiger partial charge in [0.1, 0.15) is 0 Å². The second-order valence-corrected chi connectivity index (χ2v) is 2.08. The molecule has 0 saturated heterocycles. The van der Waals surface area contributed by atoms with Gasteiger partial charge in [-0.15, -0.1) is 0 Å². The molecule has 3 nitrogen and oxygen atoms in total. The molecule has 0 aliphatic heterocycles. The molecule has 0 fully saturated rings. The standard InChI is InChI=1S/C6H7N3S/c7-4-1-2-6(9-10)5(8)3-4/h1-3,8,10H,7H2/b8-5?,9-6-. The highest BCUT2D eigenvalue weighted by atomic mass is 32.1. The first-order valence-corrected chi connectivity index (χ1v) is 3.10. The van der Waals surface area contributed by atoms with Crippen molar-refractivity contribution in [3.05, 3.63) is 23.9 Å². The fourth-order valence-electron chi connectivity index (χ4n) is 0.641. The fourth-order valence-corrected chi connectivity index (χ4v) is 0.815. The average Bonchev–Trinajstić information content (AvgIpc) is 1.88. The molecule has 0 amide bonds. The first-order chi connectivity index (χ1) is 4.74. The van der Waals surface area contributed by atoms with Crippen molar-refractivity contribution in [3.63, 3.8) is 0 Å². The van der Waals surface area contributed by atoms with E-state index in [9.17, 15) is 0 Å². The number of allylic oxidation sites excluding steroid dienone is 3. The molecular formula is C6H7N3S. The summed E-state index contributed by atoms with van der Waals surface area (Å²) in [5.41, 5.74) is 6.81. The third kappa shape index (κ3) is 1.27. The molecule has 0 saturated carbocycles. The van der Waals surface area contributed by atoms with Crippen LogP contribution in [0.15, 0.2) is 28.3 Å². The summed E-state index contributed by atoms with van der Waals surface area (Å²) in [5, 5.41) is 7.29. The molecular weight excluding hydrogens is 146 g/mol. The van der Waals surface area contributed by atoms with E-state index < -0.39 is 0 Å². The van der Waals surface area contributed by atoms with E-state index in [-0.39, 0.29) is 0 Å². The van der Waals surface area contributed by atoms with Gasteiger partial charge in [-0.3, -0.25) is 5.41 Å². The van der Waals surface area contributed by atoms with Gasteiger partial charge in [-0.1, -0.05) is 0 Å². The molecule has 1 aliphatic carbocycles. The highest BCUT2D eigenvalue weighted by Gasteiger charge is 2.04. The predicted molar refractivity (Wildman–Crippen MR) is 45.6 cm³/mol. The van der Waals surface area contributed by atoms with Crippen LogP contribution >= 0.6 is 12.8 Å². The molecule has 1 rings (SSSR count). The Balaban J connectivity index is 2.95. The molecule has 52 valence electrons. The van der Waals surface area contributed by atoms with E-state index in [1.807, 2.05) is 0 Å². The lowest BCUT2D eigenvalue weighted by Gasteiger charge is -2.03. The Kier molecular flexibility index (Phi) is 1.91. The molecule has 0 heterocycles. The zero-order chi connectivity index (χ0) is 7.56. The molecule has 0 aromatic heterocycles. The van der Waals surface area contributed by atoms with Crippen LogP contribution in [-0.4, -0.2) is 11.4 Å². The number of nitrogens with zero attached hydrogens (tertiary/aromatic N) is 1. The minimum absolute atomic E-state index is 0.301. The molecule has 0 bridgehead atoms. The van der Waals surface area contributed by atoms with Crippen LogP contribution in [0.25, 0.3) is 0 Å². The molecule has 0 unspecified atom stereocenters. The lowest BCUT2D eigenvalue weighted by molar-refractivity contribution is 1.41. The van der Waals surface area contributed by atoms with Crippen molar-refractivity contribution in [2.75, 3.05) is 0 Å². The summed E-state index contributed by atoms with van der Waals surface area (Å²) in [5.74, 6) is 0. The van der Waals surface area contributed by atoms with Gasteiger partial charge in [0, 0.05) is 5.70 Å². The summed E-state index contributed by atoms with van der Waals surface area (Å²) in [4.78, 5) is 0. The van der Waals surface area contributed by atoms with E-state index in [2.05, 4.69) is 17.2 Å². The largest absolute Gasteiger partial charge is 0.399 e. The summed E-state index contributed by atoms with van der Waals surface area (Å²) in [6.45, 7) is 0. The van der Waals surface area contributed by atoms with Crippen molar-refractivity contribution in [1.29, 1.82) is 5.41 Å². The van der Waals surface area contributed by atoms with Gasteiger partial charge < -0.3 is 5.73 Å². The summed E-state index contributed by atoms with van der Waals surface area (Å²) >= 11 is 3.68. The van der Waals surface area contributed by atoms with E-state index in [1.165, 1.54) is 6.08 Å². The second kappa shape index (κ2) is 2.70. The lowest BCUT2D eigenvalue weighted by atomic mass is 10.1. The van der Waals surface area contributed by atoms with E-state index in [1.54, 1.807) is 12.2 Å². The summed E-state index contributed by atoms with van der Waals surface area (Å²) in [6, 6.07) is 0. The van der Waals surface area contributed by atoms with Crippen molar-refractivity contribution >= 4 is 24.2 Å². The van der Waals surface area contributed by atoms with Crippen molar-refractivity contribution in [1.82, 2.24) is 0 Å². The van der Waals surface area contributed by atoms with Crippen molar-refractivity contribution in [2.24, 2.45) is 10.1 Å². The Morgan fingerprint density at radius 1 is 1.50 bits per heavy atom. The average molecular weight is 153 g/mol. The predicted octanol–water partition coefficient (Wildman–Crippen LogP) is 0.704. The highest BCUT2D eigenvalue weighted by molar-refractivity contribution is 7.79. The van der Waals surface area contributed by atoms with Gasteiger partial charge in [-0.05, 0) is 31.0 Å². The molecule has 0 atom stereocenters. The maximum absolute atomic E-state index is 7.29. The number of hydrogen-bond acceptors (Lipinski definition) is 4. The minimum Gasteiger partial charge on any atom is -0.399 e. The van der Waals surface area contributed by atoms with E-state index in [0.717, 1.165) is 0 Å². The Morgan fingerprint density at radius 2 is 2.20 bits per heavy atom. The van der Waals surface area contributed by atoms with Crippen LogP contribution in [-0.2, 0) is 0 Å². The monoisotopic (exact) mass is 153 g/mol. The molecule has 0 radical (unpaired) electrons. The number of nitrogens with one attached hydrogen (secondary N) is 1. The topological polar surface area (TPSA) is 62.2 Å². The third-order valence-electron chi connectivity index (χ3n) is 1.13. The molecule has 0 spiro atoms. The van der Waals surface area contributed by atoms with Gasteiger partial charge in [0.15, 0.2) is 0 Å². The molecule has 1 aliphatic rings. The smallest absolute Gasteiger partial charge is 0.0960 e. The molecule has 10 heavy (non-hydrogen) atoms. The van der Waals surface area contributed by atoms with Crippen LogP contribution in [0.5, 0.6) is 0 Å². The Bertz CT molecular complexity index is 250. The van der Waals surface area contributed by atoms with Crippen LogP contribution in [0.4, 0.5) is 0 Å². The van der Waals surface area contributed by atoms with Crippen molar-refractivity contribution < 1.29 is 0 Å². The first kappa shape index (κ1) is 7.08. The maximum atomic E-state index is 7.29. The number of hydrogen-bond donors (Lipinski definition) is 3. The van der Waals surface area contributed by atoms with Crippen LogP contribution in [0.3, 0.4) is 0 Å². The third-order valence-corrected chi connectivity index (χ3v) is 1.34. The van der Waals surface area contributed by atoms with E-state index in [4.69, 9.17) is 11.1 Å². The minimum atomic E-state index is 0.301. The molecule has 0 aromatic rings. The number of nitrogens with two attached hydrogens (primary N) is 1. The highest BCUT2D eigenvalue weighted by Crippen LogP contribution is 2.01. The molecule has 0 aromatic carbocycles. The van der Waals surface area contributed by atoms with Gasteiger partial charge in [0.25, 0.3) is 0 Å². The van der Waals surface area contributed by atoms with E-state index >= 15 is 0 Å². The van der Waals surface area contributed by atoms with E-state index in [0.29, 0.717) is 17.1 Å². The zero-order valence-electron chi connectivity index (χ0n) is 5.20. The zero-order valence-corrected chi connectivity index (χ0v) is 6.10. The quantitative estimate of drug-likeness (QED) is 0.348. The van der Waals surface area contributed by atoms with Gasteiger partial charge in [-0.25, -0.2) is 4.40 Å². The van der Waals surface area contributed by atoms with Crippen LogP contribution < -0.4 is 5.73 Å². The fraction of sp³-hybridized carbons (Fsp3) is 0. The van der Waals surface area contributed by atoms with Gasteiger partial charge in [0.05, 0.1) is 11.4 Å². The Morgan fingerprint density at radius 3 is 2.70 bits per heavy atom. The SMILES string of the molecule is N=C1C=C(N)C=C/C1=N/S. The molecule has 3 N–H and O–H groups in total. The van der Waals surface area contributed by atoms with Crippen LogP contribution in [0.2, 0.25) is 0 Å². The van der Waals surface area contributed by atoms with Crippen molar-refractivity contribution in [2.45, 2.75) is 0 Å². The Labute approximate surface area is 64.4 Å². The van der Waals surface area contributed by atoms with Crippen molar-refractivity contribution in [3.8, 4) is 0 Å². The molecule has 4 heteroatoms. The summed E-state index contributed by atoms with van der Waals surface area (Å²) in [7, 11) is 0. The van der Waals surface area contributed by atoms with Gasteiger partial charge in [0.2, 0.25) is 0 Å². The first-order valence-electron chi connectivity index (χ1n) is 2.70. The van der Waals surface area contributed by atoms with Crippen LogP contribution in [0, 0.1) is 5.41 Å². The second-order valence-electron chi connectivity index (χ2n) is 1.88. The van der Waals surface area contributed by atoms with Crippen LogP contribution in [0.1, 0.15) is 0 Å².